The Bertz CT molecular complexity index is 132. The highest BCUT2D eigenvalue weighted by molar-refractivity contribution is 5.91. The van der Waals surface area contributed by atoms with Gasteiger partial charge in [0.25, 0.3) is 0 Å². The molecule has 1 heterocycles. The highest BCUT2D eigenvalue weighted by Gasteiger charge is 2.11. The quantitative estimate of drug-likeness (QED) is 0.403. The Hall–Kier alpha value is -0.900. The fourth-order valence-corrected chi connectivity index (χ4v) is 0.440. The van der Waals surface area contributed by atoms with Crippen LogP contribution < -0.4 is 5.73 Å². The van der Waals surface area contributed by atoms with Gasteiger partial charge in [-0.15, -0.1) is 0 Å². The van der Waals surface area contributed by atoms with E-state index in [0.29, 0.717) is 6.54 Å². The number of hydrogen-bond donors (Lipinski definition) is 1. The van der Waals surface area contributed by atoms with Crippen LogP contribution in [0.25, 0.3) is 0 Å². The summed E-state index contributed by atoms with van der Waals surface area (Å²) >= 11 is 0. The molecule has 0 aromatic heterocycles. The Morgan fingerprint density at radius 2 is 2.75 bits per heavy atom. The van der Waals surface area contributed by atoms with Crippen LogP contribution in [0, 0.1) is 0 Å². The van der Waals surface area contributed by atoms with Crippen molar-refractivity contribution in [2.75, 3.05) is 6.54 Å². The molecule has 4 heteroatoms. The number of carbonyl (C=O) groups is 1. The zero-order valence-electron chi connectivity index (χ0n) is 4.26. The van der Waals surface area contributed by atoms with E-state index in [-0.39, 0.29) is 5.91 Å². The minimum absolute atomic E-state index is 0.278. The molecule has 3 N–H and O–H groups in total. The zero-order chi connectivity index (χ0) is 5.98. The van der Waals surface area contributed by atoms with Gasteiger partial charge in [-0.2, -0.15) is 0 Å². The van der Waals surface area contributed by atoms with Crippen molar-refractivity contribution in [3.8, 4) is 0 Å². The van der Waals surface area contributed by atoms with Gasteiger partial charge in [-0.1, -0.05) is 0 Å². The number of aliphatic imine (C=N–C) groups is 1. The minimum atomic E-state index is -0.463. The van der Waals surface area contributed by atoms with Crippen molar-refractivity contribution in [2.24, 2.45) is 4.99 Å². The number of ether oxygens (including phenoxy) is 1. The van der Waals surface area contributed by atoms with Crippen molar-refractivity contribution in [1.82, 2.24) is 0 Å². The molecule has 1 amide bonds. The molecular weight excluding hydrogens is 108 g/mol. The largest absolute Gasteiger partial charge is 0.572 e. The molecule has 1 unspecified atom stereocenters. The first-order chi connectivity index (χ1) is 3.84. The lowest BCUT2D eigenvalue weighted by molar-refractivity contribution is -0.377. The number of quaternary nitrogens is 1. The Balaban J connectivity index is 2.51. The van der Waals surface area contributed by atoms with Crippen LogP contribution in [0.2, 0.25) is 0 Å². The predicted molar refractivity (Wildman–Crippen MR) is 25.1 cm³/mol. The molecular formula is C4H6N2O2. The van der Waals surface area contributed by atoms with E-state index < -0.39 is 6.10 Å². The van der Waals surface area contributed by atoms with Crippen molar-refractivity contribution in [3.63, 3.8) is 0 Å². The first kappa shape index (κ1) is 5.24. The maximum Gasteiger partial charge on any atom is 0.137 e. The number of hydrogen-bond acceptors (Lipinski definition) is 2. The van der Waals surface area contributed by atoms with E-state index in [1.165, 1.54) is 0 Å². The van der Waals surface area contributed by atoms with Crippen LogP contribution in [0.1, 0.15) is 0 Å². The smallest absolute Gasteiger partial charge is 0.137 e. The molecule has 1 rings (SSSR count). The lowest BCUT2D eigenvalue weighted by atomic mass is 10.3. The number of amides is 1. The van der Waals surface area contributed by atoms with E-state index in [4.69, 9.17) is 0 Å². The van der Waals surface area contributed by atoms with E-state index in [2.05, 4.69) is 21.9 Å². The fourth-order valence-electron chi connectivity index (χ4n) is 0.440. The van der Waals surface area contributed by atoms with Gasteiger partial charge in [-0.05, 0) is 0 Å². The molecule has 0 bridgehead atoms. The van der Waals surface area contributed by atoms with Gasteiger partial charge in [0.15, 0.2) is 0 Å². The molecule has 0 aromatic rings. The van der Waals surface area contributed by atoms with Crippen molar-refractivity contribution in [1.29, 1.82) is 0 Å². The Morgan fingerprint density at radius 3 is 3.00 bits per heavy atom. The van der Waals surface area contributed by atoms with Crippen molar-refractivity contribution < 1.29 is 15.3 Å². The second kappa shape index (κ2) is 1.92. The average Bonchev–Trinajstić information content (AvgIpc) is 2.14. The highest BCUT2D eigenvalue weighted by Crippen LogP contribution is 1.96. The predicted octanol–water partition coefficient (Wildman–Crippen LogP) is -1.94. The third-order valence-electron chi connectivity index (χ3n) is 0.888. The summed E-state index contributed by atoms with van der Waals surface area (Å²) in [7, 11) is 0. The highest BCUT2D eigenvalue weighted by atomic mass is 16.5. The van der Waals surface area contributed by atoms with Crippen molar-refractivity contribution in [3.05, 3.63) is 0 Å². The van der Waals surface area contributed by atoms with Crippen LogP contribution in [0.3, 0.4) is 0 Å². The van der Waals surface area contributed by atoms with Gasteiger partial charge in [-0.3, -0.25) is 0 Å². The fraction of sp³-hybridized carbons (Fsp3) is 0.500. The molecule has 1 atom stereocenters. The summed E-state index contributed by atoms with van der Waals surface area (Å²) < 4.78 is 4.59. The van der Waals surface area contributed by atoms with Gasteiger partial charge in [0, 0.05) is 6.40 Å². The molecule has 0 saturated heterocycles. The van der Waals surface area contributed by atoms with Gasteiger partial charge in [0.2, 0.25) is 0 Å². The number of nitrogens with zero attached hydrogens (tertiary/aromatic N) is 1. The molecule has 8 heavy (non-hydrogen) atoms. The molecule has 0 aromatic carbocycles. The first-order valence-corrected chi connectivity index (χ1v) is 2.29. The minimum Gasteiger partial charge on any atom is -0.572 e. The van der Waals surface area contributed by atoms with E-state index in [1.54, 1.807) is 0 Å². The molecule has 0 radical (unpaired) electrons. The molecule has 0 saturated carbocycles. The van der Waals surface area contributed by atoms with E-state index in [1.807, 2.05) is 0 Å². The van der Waals surface area contributed by atoms with Gasteiger partial charge < -0.3 is 20.3 Å². The van der Waals surface area contributed by atoms with E-state index >= 15 is 0 Å². The molecule has 0 fully saturated rings. The average molecular weight is 114 g/mol. The lowest BCUT2D eigenvalue weighted by Gasteiger charge is -2.06. The van der Waals surface area contributed by atoms with Crippen LogP contribution in [0.5, 0.6) is 0 Å². The molecule has 1 aliphatic heterocycles. The summed E-state index contributed by atoms with van der Waals surface area (Å²) in [4.78, 5) is 13.6. The van der Waals surface area contributed by atoms with Crippen LogP contribution in [0.15, 0.2) is 4.99 Å². The van der Waals surface area contributed by atoms with Gasteiger partial charge in [-0.25, -0.2) is 0 Å². The monoisotopic (exact) mass is 114 g/mol. The summed E-state index contributed by atoms with van der Waals surface area (Å²) in [6, 6.07) is 0. The van der Waals surface area contributed by atoms with E-state index in [9.17, 15) is 4.79 Å². The molecule has 4 nitrogen and oxygen atoms in total. The summed E-state index contributed by atoms with van der Waals surface area (Å²) in [6.45, 7) is 0.426. The SMILES string of the molecule is [NH3+]CC1O[C-]=NC1=O. The lowest BCUT2D eigenvalue weighted by Crippen LogP contribution is -2.57. The normalized spacial score (nSPS) is 26.1. The standard InChI is InChI=1S/C4H5N2O2/c5-1-3-4(7)6-2-8-3/h3H,1,5H2/q-1/p+1. The second-order valence-electron chi connectivity index (χ2n) is 1.44. The van der Waals surface area contributed by atoms with Gasteiger partial charge in [0.05, 0.1) is 0 Å². The summed E-state index contributed by atoms with van der Waals surface area (Å²) in [5, 5.41) is 0. The van der Waals surface area contributed by atoms with E-state index in [0.717, 1.165) is 0 Å². The summed E-state index contributed by atoms with van der Waals surface area (Å²) in [5.74, 6) is -0.278. The Labute approximate surface area is 46.3 Å². The van der Waals surface area contributed by atoms with Crippen LogP contribution in [-0.2, 0) is 9.53 Å². The van der Waals surface area contributed by atoms with Crippen molar-refractivity contribution in [2.45, 2.75) is 6.10 Å². The Kier molecular flexibility index (Phi) is 1.26. The van der Waals surface area contributed by atoms with Crippen LogP contribution in [0.4, 0.5) is 0 Å². The van der Waals surface area contributed by atoms with Gasteiger partial charge >= 0.3 is 0 Å². The topological polar surface area (TPSA) is 66.3 Å². The molecule has 0 spiro atoms. The summed E-state index contributed by atoms with van der Waals surface area (Å²) in [5.41, 5.74) is 3.47. The maximum atomic E-state index is 10.4. The van der Waals surface area contributed by atoms with Gasteiger partial charge in [0.1, 0.15) is 18.6 Å². The summed E-state index contributed by atoms with van der Waals surface area (Å²) in [6.07, 6.45) is 1.65. The maximum absolute atomic E-state index is 10.4. The number of carbonyl (C=O) groups excluding carboxylic acids is 1. The van der Waals surface area contributed by atoms with Crippen LogP contribution in [-0.4, -0.2) is 25.0 Å². The second-order valence-corrected chi connectivity index (χ2v) is 1.44. The third kappa shape index (κ3) is 0.696. The number of rotatable bonds is 1. The molecule has 44 valence electrons. The molecule has 1 aliphatic rings. The van der Waals surface area contributed by atoms with Crippen molar-refractivity contribution >= 4 is 12.3 Å². The first-order valence-electron chi connectivity index (χ1n) is 2.29. The van der Waals surface area contributed by atoms with Crippen LogP contribution >= 0.6 is 0 Å². The zero-order valence-corrected chi connectivity index (χ0v) is 4.26. The third-order valence-corrected chi connectivity index (χ3v) is 0.888. The Morgan fingerprint density at radius 1 is 2.00 bits per heavy atom. The molecule has 0 aliphatic carbocycles.